The minimum Gasteiger partial charge on any atom is -0.394 e. The minimum atomic E-state index is -1.58. The van der Waals surface area contributed by atoms with E-state index < -0.39 is 49.5 Å². The summed E-state index contributed by atoms with van der Waals surface area (Å²) in [5.74, 6) is -0.219. The van der Waals surface area contributed by atoms with E-state index in [4.69, 9.17) is 9.47 Å². The van der Waals surface area contributed by atoms with E-state index in [0.29, 0.717) is 12.8 Å². The van der Waals surface area contributed by atoms with E-state index in [2.05, 4.69) is 67.8 Å². The van der Waals surface area contributed by atoms with Gasteiger partial charge >= 0.3 is 0 Å². The number of hydrogen-bond donors (Lipinski definition) is 6. The fraction of sp³-hybridized carbons (Fsp3) is 0.771. The molecule has 1 amide bonds. The molecule has 1 aliphatic heterocycles. The normalized spacial score (nSPS) is 21.6. The molecule has 0 spiro atoms. The van der Waals surface area contributed by atoms with Crippen LogP contribution >= 0.6 is 0 Å². The van der Waals surface area contributed by atoms with Gasteiger partial charge in [-0.15, -0.1) is 0 Å². The van der Waals surface area contributed by atoms with Gasteiger partial charge in [0.2, 0.25) is 5.91 Å². The largest absolute Gasteiger partial charge is 0.394 e. The number of hydrogen-bond acceptors (Lipinski definition) is 8. The van der Waals surface area contributed by atoms with E-state index in [1.54, 1.807) is 6.08 Å². The molecule has 0 bridgehead atoms. The van der Waals surface area contributed by atoms with Gasteiger partial charge in [0, 0.05) is 6.42 Å². The molecule has 9 heteroatoms. The fourth-order valence-electron chi connectivity index (χ4n) is 6.91. The number of carbonyl (C=O) groups is 1. The Morgan fingerprint density at radius 2 is 1.09 bits per heavy atom. The highest BCUT2D eigenvalue weighted by Gasteiger charge is 2.44. The first-order chi connectivity index (χ1) is 27.8. The van der Waals surface area contributed by atoms with Crippen LogP contribution in [-0.2, 0) is 14.3 Å². The summed E-state index contributed by atoms with van der Waals surface area (Å²) in [6.45, 7) is 3.62. The Balaban J connectivity index is 2.39. The van der Waals surface area contributed by atoms with E-state index in [0.717, 1.165) is 57.8 Å². The van der Waals surface area contributed by atoms with Gasteiger partial charge in [-0.2, -0.15) is 0 Å². The lowest BCUT2D eigenvalue weighted by Gasteiger charge is -2.40. The number of carbonyl (C=O) groups excluding carboxylic acids is 1. The third-order valence-corrected chi connectivity index (χ3v) is 10.6. The SMILES string of the molecule is CC/C=C\C/C=C\C/C=C\C/C=C\CCCCC(=O)NC(COC1OC(CO)C(O)C(O)C1O)C(O)/C=C/CCCCCCCCCCCCCCCCCCC. The second kappa shape index (κ2) is 38.1. The molecule has 0 aromatic rings. The van der Waals surface area contributed by atoms with Crippen LogP contribution in [0.15, 0.2) is 60.8 Å². The van der Waals surface area contributed by atoms with Crippen LogP contribution in [0, 0.1) is 0 Å². The molecule has 1 saturated heterocycles. The van der Waals surface area contributed by atoms with Crippen molar-refractivity contribution in [2.45, 2.75) is 224 Å². The molecule has 1 rings (SSSR count). The molecule has 7 unspecified atom stereocenters. The number of aliphatic hydroxyl groups excluding tert-OH is 5. The number of ether oxygens (including phenoxy) is 2. The zero-order chi connectivity index (χ0) is 41.6. The Bertz CT molecular complexity index is 1070. The van der Waals surface area contributed by atoms with E-state index in [-0.39, 0.29) is 12.5 Å². The summed E-state index contributed by atoms with van der Waals surface area (Å²) in [5.41, 5.74) is 0. The predicted molar refractivity (Wildman–Crippen MR) is 235 cm³/mol. The monoisotopic (exact) mass is 804 g/mol. The molecule has 1 fully saturated rings. The van der Waals surface area contributed by atoms with Crippen molar-refractivity contribution in [3.05, 3.63) is 60.8 Å². The Morgan fingerprint density at radius 3 is 1.61 bits per heavy atom. The molecular weight excluding hydrogens is 719 g/mol. The van der Waals surface area contributed by atoms with Crippen molar-refractivity contribution >= 4 is 5.91 Å². The second-order valence-electron chi connectivity index (χ2n) is 15.8. The summed E-state index contributed by atoms with van der Waals surface area (Å²) in [5, 5.41) is 54.2. The zero-order valence-corrected chi connectivity index (χ0v) is 36.1. The zero-order valence-electron chi connectivity index (χ0n) is 36.1. The number of unbranched alkanes of at least 4 members (excludes halogenated alkanes) is 19. The topological polar surface area (TPSA) is 149 Å². The lowest BCUT2D eigenvalue weighted by Crippen LogP contribution is -2.60. The van der Waals surface area contributed by atoms with Crippen molar-refractivity contribution in [1.29, 1.82) is 0 Å². The summed E-state index contributed by atoms with van der Waals surface area (Å²) < 4.78 is 11.2. The smallest absolute Gasteiger partial charge is 0.220 e. The predicted octanol–water partition coefficient (Wildman–Crippen LogP) is 9.61. The Morgan fingerprint density at radius 1 is 0.614 bits per heavy atom. The van der Waals surface area contributed by atoms with Gasteiger partial charge < -0.3 is 40.3 Å². The minimum absolute atomic E-state index is 0.207. The first kappa shape index (κ1) is 52.9. The van der Waals surface area contributed by atoms with Crippen LogP contribution in [0.3, 0.4) is 0 Å². The first-order valence-corrected chi connectivity index (χ1v) is 23.0. The molecule has 6 N–H and O–H groups in total. The highest BCUT2D eigenvalue weighted by atomic mass is 16.7. The molecule has 1 heterocycles. The van der Waals surface area contributed by atoms with Gasteiger partial charge in [0.05, 0.1) is 25.4 Å². The van der Waals surface area contributed by atoms with Crippen LogP contribution in [-0.4, -0.2) is 87.5 Å². The van der Waals surface area contributed by atoms with Gasteiger partial charge in [-0.1, -0.05) is 177 Å². The van der Waals surface area contributed by atoms with Gasteiger partial charge in [0.1, 0.15) is 24.4 Å². The number of nitrogens with one attached hydrogen (secondary N) is 1. The van der Waals surface area contributed by atoms with E-state index >= 15 is 0 Å². The summed E-state index contributed by atoms with van der Waals surface area (Å²) in [6, 6.07) is -0.828. The number of aliphatic hydroxyl groups is 5. The summed E-state index contributed by atoms with van der Waals surface area (Å²) in [6.07, 6.45) is 42.7. The molecule has 1 aliphatic rings. The van der Waals surface area contributed by atoms with Gasteiger partial charge in [0.25, 0.3) is 0 Å². The second-order valence-corrected chi connectivity index (χ2v) is 15.8. The average molecular weight is 804 g/mol. The third kappa shape index (κ3) is 28.9. The summed E-state index contributed by atoms with van der Waals surface area (Å²) in [7, 11) is 0. The fourth-order valence-corrected chi connectivity index (χ4v) is 6.91. The summed E-state index contributed by atoms with van der Waals surface area (Å²) >= 11 is 0. The van der Waals surface area contributed by atoms with Crippen molar-refractivity contribution in [2.24, 2.45) is 0 Å². The van der Waals surface area contributed by atoms with Crippen molar-refractivity contribution in [3.8, 4) is 0 Å². The average Bonchev–Trinajstić information content (AvgIpc) is 3.21. The summed E-state index contributed by atoms with van der Waals surface area (Å²) in [4.78, 5) is 12.9. The molecule has 0 aromatic heterocycles. The lowest BCUT2D eigenvalue weighted by molar-refractivity contribution is -0.302. The van der Waals surface area contributed by atoms with Crippen LogP contribution in [0.5, 0.6) is 0 Å². The molecule has 7 atom stereocenters. The van der Waals surface area contributed by atoms with Crippen molar-refractivity contribution in [2.75, 3.05) is 13.2 Å². The third-order valence-electron chi connectivity index (χ3n) is 10.6. The molecule has 9 nitrogen and oxygen atoms in total. The molecule has 0 aliphatic carbocycles. The molecule has 57 heavy (non-hydrogen) atoms. The van der Waals surface area contributed by atoms with Crippen molar-refractivity contribution in [3.63, 3.8) is 0 Å². The Hall–Kier alpha value is -2.11. The standard InChI is InChI=1S/C48H85NO8/c1-3-5-7-9-11-13-15-17-19-20-21-22-24-25-27-29-31-33-35-37-42(51)41(40-56-48-47(55)46(54)45(53)43(39-50)57-48)49-44(52)38-36-34-32-30-28-26-23-18-16-14-12-10-8-6-4-2/h6,8,12,14,18,23,28,30,35,37,41-43,45-48,50-51,53-55H,3-5,7,9-11,13,15-17,19-22,24-27,29,31-34,36,38-40H2,1-2H3,(H,49,52)/b8-6-,14-12-,23-18-,30-28-,37-35+. The van der Waals surface area contributed by atoms with E-state index in [1.165, 1.54) is 96.3 Å². The van der Waals surface area contributed by atoms with Gasteiger partial charge in [0.15, 0.2) is 6.29 Å². The van der Waals surface area contributed by atoms with Gasteiger partial charge in [-0.05, 0) is 57.8 Å². The highest BCUT2D eigenvalue weighted by molar-refractivity contribution is 5.76. The van der Waals surface area contributed by atoms with Crippen LogP contribution in [0.1, 0.15) is 181 Å². The molecule has 0 aromatic carbocycles. The van der Waals surface area contributed by atoms with Crippen LogP contribution in [0.2, 0.25) is 0 Å². The van der Waals surface area contributed by atoms with Crippen LogP contribution in [0.4, 0.5) is 0 Å². The number of amides is 1. The van der Waals surface area contributed by atoms with E-state index in [1.807, 2.05) is 6.08 Å². The Labute approximate surface area is 347 Å². The van der Waals surface area contributed by atoms with Crippen LogP contribution in [0.25, 0.3) is 0 Å². The maximum atomic E-state index is 12.9. The van der Waals surface area contributed by atoms with Gasteiger partial charge in [-0.25, -0.2) is 0 Å². The van der Waals surface area contributed by atoms with Gasteiger partial charge in [-0.3, -0.25) is 4.79 Å². The maximum absolute atomic E-state index is 12.9. The number of rotatable bonds is 37. The van der Waals surface area contributed by atoms with Crippen molar-refractivity contribution in [1.82, 2.24) is 5.32 Å². The van der Waals surface area contributed by atoms with E-state index in [9.17, 15) is 30.3 Å². The molecule has 0 radical (unpaired) electrons. The first-order valence-electron chi connectivity index (χ1n) is 23.0. The van der Waals surface area contributed by atoms with Crippen molar-refractivity contribution < 1.29 is 39.8 Å². The molecular formula is C48H85NO8. The highest BCUT2D eigenvalue weighted by Crippen LogP contribution is 2.22. The molecule has 330 valence electrons. The maximum Gasteiger partial charge on any atom is 0.220 e. The lowest BCUT2D eigenvalue weighted by atomic mass is 9.99. The Kier molecular flexibility index (Phi) is 35.4. The van der Waals surface area contributed by atoms with Crippen LogP contribution < -0.4 is 5.32 Å². The quantitative estimate of drug-likeness (QED) is 0.0269. The number of allylic oxidation sites excluding steroid dienone is 9. The molecule has 0 saturated carbocycles.